The molecule has 1 fully saturated rings. The molecule has 0 bridgehead atoms. The molecule has 0 spiro atoms. The number of carbonyl (C=O) groups excluding carboxylic acids is 1. The van der Waals surface area contributed by atoms with Crippen LogP contribution in [0.3, 0.4) is 0 Å². The van der Waals surface area contributed by atoms with Gasteiger partial charge in [-0.2, -0.15) is 5.26 Å². The van der Waals surface area contributed by atoms with Gasteiger partial charge in [0.15, 0.2) is 0 Å². The van der Waals surface area contributed by atoms with Gasteiger partial charge in [-0.1, -0.05) is 11.6 Å². The van der Waals surface area contributed by atoms with Crippen molar-refractivity contribution in [3.8, 4) is 6.07 Å². The molecule has 0 unspecified atom stereocenters. The number of carbonyl (C=O) groups is 1. The maximum Gasteiger partial charge on any atom is 0.257 e. The second kappa shape index (κ2) is 6.76. The topological polar surface area (TPSA) is 73.4 Å². The van der Waals surface area contributed by atoms with Crippen molar-refractivity contribution >= 4 is 22.5 Å². The number of aryl methyl sites for hydroxylation is 2. The Hall–Kier alpha value is -3.33. The Kier molecular flexibility index (Phi) is 4.28. The van der Waals surface area contributed by atoms with Crippen LogP contribution >= 0.6 is 0 Å². The summed E-state index contributed by atoms with van der Waals surface area (Å²) in [5, 5.41) is 10.6. The molecule has 4 rings (SSSR count). The maximum absolute atomic E-state index is 12.5. The van der Waals surface area contributed by atoms with Gasteiger partial charge < -0.3 is 14.2 Å². The highest BCUT2D eigenvalue weighted by Gasteiger charge is 2.25. The quantitative estimate of drug-likeness (QED) is 0.701. The molecular formula is C21H20N4O2. The van der Waals surface area contributed by atoms with Crippen LogP contribution in [0.1, 0.15) is 27.0 Å². The summed E-state index contributed by atoms with van der Waals surface area (Å²) >= 11 is 0. The van der Waals surface area contributed by atoms with Crippen LogP contribution in [0.2, 0.25) is 0 Å². The number of hydrogen-bond donors (Lipinski definition) is 0. The lowest BCUT2D eigenvalue weighted by molar-refractivity contribution is 0.0746. The third kappa shape index (κ3) is 3.02. The molecule has 3 aromatic rings. The number of aromatic nitrogens is 1. The van der Waals surface area contributed by atoms with E-state index in [9.17, 15) is 10.1 Å². The molecule has 6 nitrogen and oxygen atoms in total. The van der Waals surface area contributed by atoms with Crippen molar-refractivity contribution < 1.29 is 9.21 Å². The molecule has 0 atom stereocenters. The number of amides is 1. The van der Waals surface area contributed by atoms with Gasteiger partial charge in [-0.3, -0.25) is 9.78 Å². The maximum atomic E-state index is 12.5. The predicted octanol–water partition coefficient (Wildman–Crippen LogP) is 3.28. The van der Waals surface area contributed by atoms with Crippen molar-refractivity contribution in [1.29, 1.82) is 5.26 Å². The van der Waals surface area contributed by atoms with Crippen molar-refractivity contribution in [3.05, 3.63) is 59.2 Å². The first-order chi connectivity index (χ1) is 13.1. The average molecular weight is 360 g/mol. The van der Waals surface area contributed by atoms with Crippen LogP contribution in [0.25, 0.3) is 10.9 Å². The fraction of sp³-hybridized carbons (Fsp3) is 0.286. The minimum Gasteiger partial charge on any atom is -0.472 e. The molecule has 1 aromatic carbocycles. The molecule has 136 valence electrons. The molecule has 6 heteroatoms. The number of rotatable bonds is 2. The minimum absolute atomic E-state index is 0.0184. The van der Waals surface area contributed by atoms with Gasteiger partial charge in [-0.15, -0.1) is 0 Å². The third-order valence-corrected chi connectivity index (χ3v) is 5.05. The van der Waals surface area contributed by atoms with E-state index in [2.05, 4.69) is 35.0 Å². The van der Waals surface area contributed by atoms with E-state index in [-0.39, 0.29) is 5.91 Å². The van der Waals surface area contributed by atoms with E-state index in [1.54, 1.807) is 12.3 Å². The number of furan rings is 1. The Morgan fingerprint density at radius 2 is 2.00 bits per heavy atom. The van der Waals surface area contributed by atoms with E-state index >= 15 is 0 Å². The highest BCUT2D eigenvalue weighted by atomic mass is 16.3. The molecule has 1 saturated heterocycles. The van der Waals surface area contributed by atoms with Gasteiger partial charge >= 0.3 is 0 Å². The summed E-state index contributed by atoms with van der Waals surface area (Å²) in [6.45, 7) is 6.64. The molecule has 1 aliphatic rings. The average Bonchev–Trinajstić information content (AvgIpc) is 3.21. The normalized spacial score (nSPS) is 14.4. The lowest BCUT2D eigenvalue weighted by atomic mass is 10.0. The smallest absolute Gasteiger partial charge is 0.257 e. The fourth-order valence-corrected chi connectivity index (χ4v) is 3.77. The van der Waals surface area contributed by atoms with Gasteiger partial charge in [0, 0.05) is 37.8 Å². The van der Waals surface area contributed by atoms with Crippen molar-refractivity contribution in [3.63, 3.8) is 0 Å². The molecule has 3 heterocycles. The first-order valence-electron chi connectivity index (χ1n) is 8.95. The van der Waals surface area contributed by atoms with Gasteiger partial charge in [0.2, 0.25) is 0 Å². The van der Waals surface area contributed by atoms with Crippen LogP contribution < -0.4 is 4.90 Å². The monoisotopic (exact) mass is 360 g/mol. The molecule has 2 aromatic heterocycles. The zero-order valence-corrected chi connectivity index (χ0v) is 15.4. The molecule has 1 aliphatic heterocycles. The van der Waals surface area contributed by atoms with E-state index in [0.717, 1.165) is 27.7 Å². The zero-order chi connectivity index (χ0) is 19.0. The van der Waals surface area contributed by atoms with Gasteiger partial charge in [-0.05, 0) is 31.5 Å². The first-order valence-corrected chi connectivity index (χ1v) is 8.95. The Morgan fingerprint density at radius 1 is 1.22 bits per heavy atom. The number of nitrogens with zero attached hydrogens (tertiary/aromatic N) is 4. The number of anilines is 1. The third-order valence-electron chi connectivity index (χ3n) is 5.05. The Balaban J connectivity index is 1.66. The fourth-order valence-electron chi connectivity index (χ4n) is 3.77. The van der Waals surface area contributed by atoms with Crippen molar-refractivity contribution in [1.82, 2.24) is 9.88 Å². The number of fused-ring (bicyclic) bond motifs is 1. The van der Waals surface area contributed by atoms with Gasteiger partial charge in [0.25, 0.3) is 5.91 Å². The van der Waals surface area contributed by atoms with Crippen molar-refractivity contribution in [2.24, 2.45) is 0 Å². The van der Waals surface area contributed by atoms with E-state index < -0.39 is 0 Å². The van der Waals surface area contributed by atoms with Crippen molar-refractivity contribution in [2.75, 3.05) is 31.1 Å². The highest BCUT2D eigenvalue weighted by molar-refractivity contribution is 5.97. The van der Waals surface area contributed by atoms with Crippen LogP contribution in [-0.2, 0) is 0 Å². The molecule has 0 saturated carbocycles. The van der Waals surface area contributed by atoms with E-state index in [4.69, 9.17) is 4.42 Å². The summed E-state index contributed by atoms with van der Waals surface area (Å²) in [7, 11) is 0. The second-order valence-electron chi connectivity index (χ2n) is 6.90. The predicted molar refractivity (Wildman–Crippen MR) is 103 cm³/mol. The van der Waals surface area contributed by atoms with E-state index in [1.807, 2.05) is 11.8 Å². The van der Waals surface area contributed by atoms with Gasteiger partial charge in [-0.25, -0.2) is 0 Å². The number of piperazine rings is 1. The summed E-state index contributed by atoms with van der Waals surface area (Å²) in [5.74, 6) is -0.0184. The van der Waals surface area contributed by atoms with Crippen LogP contribution in [0, 0.1) is 25.2 Å². The number of nitriles is 1. The second-order valence-corrected chi connectivity index (χ2v) is 6.90. The van der Waals surface area contributed by atoms with E-state index in [1.165, 1.54) is 12.5 Å². The molecule has 0 aliphatic carbocycles. The Morgan fingerprint density at radius 3 is 2.67 bits per heavy atom. The van der Waals surface area contributed by atoms with Crippen LogP contribution in [0.5, 0.6) is 0 Å². The zero-order valence-electron chi connectivity index (χ0n) is 15.4. The summed E-state index contributed by atoms with van der Waals surface area (Å²) in [6, 6.07) is 8.16. The standard InChI is InChI=1S/C21H20N4O2/c1-14-9-15(2)19-18(10-14)20(17(11-22)12-23-19)24-4-6-25(7-5-24)21(26)16-3-8-27-13-16/h3,8-10,12-13H,4-7H2,1-2H3. The van der Waals surface area contributed by atoms with Crippen LogP contribution in [-0.4, -0.2) is 42.0 Å². The SMILES string of the molecule is Cc1cc(C)c2ncc(C#N)c(N3CCN(C(=O)c4ccoc4)CC3)c2c1. The molecular weight excluding hydrogens is 340 g/mol. The van der Waals surface area contributed by atoms with Crippen LogP contribution in [0.15, 0.2) is 41.3 Å². The molecule has 1 amide bonds. The Bertz CT molecular complexity index is 1040. The summed E-state index contributed by atoms with van der Waals surface area (Å²) < 4.78 is 5.02. The first kappa shape index (κ1) is 17.1. The van der Waals surface area contributed by atoms with Gasteiger partial charge in [0.1, 0.15) is 12.3 Å². The summed E-state index contributed by atoms with van der Waals surface area (Å²) in [6.07, 6.45) is 4.64. The Labute approximate surface area is 157 Å². The molecule has 27 heavy (non-hydrogen) atoms. The summed E-state index contributed by atoms with van der Waals surface area (Å²) in [4.78, 5) is 21.0. The van der Waals surface area contributed by atoms with Gasteiger partial charge in [0.05, 0.1) is 28.6 Å². The van der Waals surface area contributed by atoms with Crippen LogP contribution in [0.4, 0.5) is 5.69 Å². The summed E-state index contributed by atoms with van der Waals surface area (Å²) in [5.41, 5.74) is 5.23. The minimum atomic E-state index is -0.0184. The lowest BCUT2D eigenvalue weighted by Crippen LogP contribution is -2.49. The molecule has 0 radical (unpaired) electrons. The van der Waals surface area contributed by atoms with E-state index in [0.29, 0.717) is 37.3 Å². The number of hydrogen-bond acceptors (Lipinski definition) is 5. The van der Waals surface area contributed by atoms with Crippen molar-refractivity contribution in [2.45, 2.75) is 13.8 Å². The molecule has 0 N–H and O–H groups in total. The highest BCUT2D eigenvalue weighted by Crippen LogP contribution is 2.32. The largest absolute Gasteiger partial charge is 0.472 e. The number of pyridine rings is 1. The number of benzene rings is 1. The lowest BCUT2D eigenvalue weighted by Gasteiger charge is -2.36.